The largest absolute Gasteiger partial charge is 0.500 e. The van der Waals surface area contributed by atoms with Gasteiger partial charge in [0.2, 0.25) is 0 Å². The minimum absolute atomic E-state index is 0.755. The van der Waals surface area contributed by atoms with Crippen LogP contribution in [-0.2, 0) is 4.74 Å². The molecule has 0 saturated carbocycles. The Morgan fingerprint density at radius 1 is 1.33 bits per heavy atom. The maximum atomic E-state index is 4.99. The molecule has 0 bridgehead atoms. The van der Waals surface area contributed by atoms with E-state index in [0.29, 0.717) is 0 Å². The predicted molar refractivity (Wildman–Crippen MR) is 55.7 cm³/mol. The Hall–Kier alpha value is -0.210. The van der Waals surface area contributed by atoms with Crippen molar-refractivity contribution in [2.24, 2.45) is 0 Å². The predicted octanol–water partition coefficient (Wildman–Crippen LogP) is 2.34. The average molecular weight is 194 g/mol. The minimum Gasteiger partial charge on any atom is -0.500 e. The molecule has 0 atom stereocenters. The molecule has 3 heteroatoms. The summed E-state index contributed by atoms with van der Waals surface area (Å²) in [6.07, 6.45) is 2.96. The zero-order chi connectivity index (χ0) is 9.82. The SMILES string of the molecule is C=COCCN(CC)CC.CCl. The van der Waals surface area contributed by atoms with Gasteiger partial charge in [-0.25, -0.2) is 0 Å². The highest BCUT2D eigenvalue weighted by atomic mass is 35.5. The van der Waals surface area contributed by atoms with Gasteiger partial charge in [-0.15, -0.1) is 11.6 Å². The van der Waals surface area contributed by atoms with E-state index >= 15 is 0 Å². The van der Waals surface area contributed by atoms with Gasteiger partial charge in [-0.3, -0.25) is 0 Å². The van der Waals surface area contributed by atoms with Crippen molar-refractivity contribution in [1.29, 1.82) is 0 Å². The molecule has 0 aliphatic carbocycles. The molecule has 0 aliphatic heterocycles. The number of ether oxygens (including phenoxy) is 1. The lowest BCUT2D eigenvalue weighted by molar-refractivity contribution is 0.187. The van der Waals surface area contributed by atoms with Crippen LogP contribution in [0.15, 0.2) is 12.8 Å². The summed E-state index contributed by atoms with van der Waals surface area (Å²) in [6, 6.07) is 0. The molecule has 0 heterocycles. The summed E-state index contributed by atoms with van der Waals surface area (Å²) < 4.78 is 4.99. The van der Waals surface area contributed by atoms with Crippen LogP contribution in [0, 0.1) is 0 Å². The van der Waals surface area contributed by atoms with Crippen LogP contribution in [0.4, 0.5) is 0 Å². The number of nitrogens with zero attached hydrogens (tertiary/aromatic N) is 1. The van der Waals surface area contributed by atoms with Gasteiger partial charge in [-0.05, 0) is 13.1 Å². The summed E-state index contributed by atoms with van der Waals surface area (Å²) >= 11 is 4.64. The van der Waals surface area contributed by atoms with Gasteiger partial charge in [0.25, 0.3) is 0 Å². The van der Waals surface area contributed by atoms with Crippen LogP contribution in [0.25, 0.3) is 0 Å². The first-order chi connectivity index (χ1) is 5.85. The van der Waals surface area contributed by atoms with Crippen molar-refractivity contribution in [3.05, 3.63) is 12.8 Å². The Kier molecular flexibility index (Phi) is 16.0. The second kappa shape index (κ2) is 13.4. The molecule has 0 saturated heterocycles. The van der Waals surface area contributed by atoms with E-state index < -0.39 is 0 Å². The van der Waals surface area contributed by atoms with Gasteiger partial charge in [0.05, 0.1) is 12.9 Å². The Balaban J connectivity index is 0. The van der Waals surface area contributed by atoms with Crippen LogP contribution in [-0.4, -0.2) is 37.5 Å². The van der Waals surface area contributed by atoms with Gasteiger partial charge in [0.1, 0.15) is 0 Å². The van der Waals surface area contributed by atoms with E-state index in [4.69, 9.17) is 4.74 Å². The molecule has 0 rings (SSSR count). The van der Waals surface area contributed by atoms with Crippen LogP contribution in [0.2, 0.25) is 0 Å². The zero-order valence-corrected chi connectivity index (χ0v) is 9.10. The fraction of sp³-hybridized carbons (Fsp3) is 0.778. The van der Waals surface area contributed by atoms with E-state index in [-0.39, 0.29) is 0 Å². The molecule has 2 nitrogen and oxygen atoms in total. The van der Waals surface area contributed by atoms with E-state index in [1.807, 2.05) is 0 Å². The van der Waals surface area contributed by atoms with Gasteiger partial charge < -0.3 is 9.64 Å². The van der Waals surface area contributed by atoms with Crippen molar-refractivity contribution in [3.63, 3.8) is 0 Å². The molecule has 0 aromatic heterocycles. The maximum Gasteiger partial charge on any atom is 0.0999 e. The fourth-order valence-electron chi connectivity index (χ4n) is 0.805. The van der Waals surface area contributed by atoms with Crippen LogP contribution >= 0.6 is 11.6 Å². The lowest BCUT2D eigenvalue weighted by Gasteiger charge is -2.16. The van der Waals surface area contributed by atoms with Crippen molar-refractivity contribution in [3.8, 4) is 0 Å². The van der Waals surface area contributed by atoms with Gasteiger partial charge in [0.15, 0.2) is 0 Å². The normalized spacial score (nSPS) is 8.75. The smallest absolute Gasteiger partial charge is 0.0999 e. The quantitative estimate of drug-likeness (QED) is 0.365. The molecular formula is C9H20ClNO. The van der Waals surface area contributed by atoms with Crippen LogP contribution in [0.1, 0.15) is 13.8 Å². The molecule has 74 valence electrons. The van der Waals surface area contributed by atoms with Crippen LogP contribution in [0.5, 0.6) is 0 Å². The van der Waals surface area contributed by atoms with Crippen molar-refractivity contribution >= 4 is 11.6 Å². The van der Waals surface area contributed by atoms with E-state index in [1.54, 1.807) is 0 Å². The first-order valence-electron chi connectivity index (χ1n) is 4.17. The van der Waals surface area contributed by atoms with Crippen molar-refractivity contribution < 1.29 is 4.74 Å². The third-order valence-electron chi connectivity index (χ3n) is 1.54. The first kappa shape index (κ1) is 14.3. The monoisotopic (exact) mass is 193 g/mol. The van der Waals surface area contributed by atoms with Crippen molar-refractivity contribution in [2.45, 2.75) is 13.8 Å². The Labute approximate surface area is 81.2 Å². The van der Waals surface area contributed by atoms with Gasteiger partial charge in [-0.2, -0.15) is 0 Å². The number of alkyl halides is 1. The summed E-state index contributed by atoms with van der Waals surface area (Å²) in [5.74, 6) is 0. The number of likely N-dealkylation sites (N-methyl/N-ethyl adjacent to an activating group) is 1. The summed E-state index contributed by atoms with van der Waals surface area (Å²) in [7, 11) is 0. The van der Waals surface area contributed by atoms with Crippen molar-refractivity contribution in [2.75, 3.05) is 32.6 Å². The van der Waals surface area contributed by atoms with Gasteiger partial charge in [-0.1, -0.05) is 20.4 Å². The topological polar surface area (TPSA) is 12.5 Å². The van der Waals surface area contributed by atoms with E-state index in [2.05, 4.69) is 36.9 Å². The van der Waals surface area contributed by atoms with Crippen molar-refractivity contribution in [1.82, 2.24) is 4.90 Å². The lowest BCUT2D eigenvalue weighted by Crippen LogP contribution is -2.26. The minimum atomic E-state index is 0.755. The first-order valence-corrected chi connectivity index (χ1v) is 4.93. The Morgan fingerprint density at radius 2 is 1.83 bits per heavy atom. The molecule has 12 heavy (non-hydrogen) atoms. The van der Waals surface area contributed by atoms with E-state index in [0.717, 1.165) is 26.2 Å². The molecule has 0 aromatic carbocycles. The number of hydrogen-bond donors (Lipinski definition) is 0. The maximum absolute atomic E-state index is 4.99. The molecule has 0 fully saturated rings. The third kappa shape index (κ3) is 9.79. The summed E-state index contributed by atoms with van der Waals surface area (Å²) in [6.45, 7) is 11.7. The van der Waals surface area contributed by atoms with E-state index in [1.165, 1.54) is 12.6 Å². The third-order valence-corrected chi connectivity index (χ3v) is 1.54. The van der Waals surface area contributed by atoms with Gasteiger partial charge >= 0.3 is 0 Å². The standard InChI is InChI=1S/C8H17NO.CH3Cl/c1-4-9(5-2)7-8-10-6-3;1-2/h6H,3-5,7-8H2,1-2H3;1H3. The number of rotatable bonds is 6. The molecular weight excluding hydrogens is 174 g/mol. The molecule has 0 aromatic rings. The average Bonchev–Trinajstić information content (AvgIpc) is 2.16. The molecule has 0 unspecified atom stereocenters. The molecule has 0 amide bonds. The second-order valence-corrected chi connectivity index (χ2v) is 2.06. The molecule has 0 radical (unpaired) electrons. The highest BCUT2D eigenvalue weighted by Gasteiger charge is 1.95. The lowest BCUT2D eigenvalue weighted by atomic mass is 10.5. The summed E-state index contributed by atoms with van der Waals surface area (Å²) in [4.78, 5) is 2.31. The van der Waals surface area contributed by atoms with Gasteiger partial charge in [0, 0.05) is 12.9 Å². The van der Waals surface area contributed by atoms with Crippen LogP contribution < -0.4 is 0 Å². The van der Waals surface area contributed by atoms with Crippen LogP contribution in [0.3, 0.4) is 0 Å². The highest BCUT2D eigenvalue weighted by molar-refractivity contribution is 6.15. The fourth-order valence-corrected chi connectivity index (χ4v) is 0.805. The zero-order valence-electron chi connectivity index (χ0n) is 8.35. The molecule has 0 N–H and O–H groups in total. The number of halogens is 1. The Bertz CT molecular complexity index is 84.6. The summed E-state index contributed by atoms with van der Waals surface area (Å²) in [5.41, 5.74) is 0. The molecule has 0 spiro atoms. The molecule has 0 aliphatic rings. The van der Waals surface area contributed by atoms with E-state index in [9.17, 15) is 0 Å². The number of hydrogen-bond acceptors (Lipinski definition) is 2. The summed E-state index contributed by atoms with van der Waals surface area (Å²) in [5, 5.41) is 0. The second-order valence-electron chi connectivity index (χ2n) is 2.06. The Morgan fingerprint density at radius 3 is 2.17 bits per heavy atom. The highest BCUT2D eigenvalue weighted by Crippen LogP contribution is 1.86.